The molecule has 0 saturated heterocycles. The predicted molar refractivity (Wildman–Crippen MR) is 65.6 cm³/mol. The van der Waals surface area contributed by atoms with Crippen LogP contribution >= 0.6 is 0 Å². The first-order valence-electron chi connectivity index (χ1n) is 5.69. The summed E-state index contributed by atoms with van der Waals surface area (Å²) in [7, 11) is 0. The second kappa shape index (κ2) is 5.27. The SMILES string of the molecule is NCCc1nc2ccccc2n1CC(O)CO. The Hall–Kier alpha value is -1.43. The number of nitrogens with zero attached hydrogens (tertiary/aromatic N) is 2. The van der Waals surface area contributed by atoms with Crippen molar-refractivity contribution in [1.82, 2.24) is 9.55 Å². The van der Waals surface area contributed by atoms with E-state index in [4.69, 9.17) is 10.8 Å². The zero-order valence-corrected chi connectivity index (χ0v) is 9.58. The zero-order valence-electron chi connectivity index (χ0n) is 9.58. The second-order valence-corrected chi connectivity index (χ2v) is 4.00. The fourth-order valence-electron chi connectivity index (χ4n) is 1.92. The molecule has 0 aliphatic rings. The molecule has 5 nitrogen and oxygen atoms in total. The van der Waals surface area contributed by atoms with Gasteiger partial charge in [-0.05, 0) is 18.7 Å². The predicted octanol–water partition coefficient (Wildman–Crippen LogP) is -0.109. The molecule has 1 aromatic carbocycles. The third-order valence-electron chi connectivity index (χ3n) is 2.71. The topological polar surface area (TPSA) is 84.3 Å². The number of fused-ring (bicyclic) bond motifs is 1. The van der Waals surface area contributed by atoms with Crippen LogP contribution in [0.4, 0.5) is 0 Å². The van der Waals surface area contributed by atoms with Crippen LogP contribution in [0.25, 0.3) is 11.0 Å². The second-order valence-electron chi connectivity index (χ2n) is 4.00. The third kappa shape index (κ3) is 2.46. The largest absolute Gasteiger partial charge is 0.394 e. The summed E-state index contributed by atoms with van der Waals surface area (Å²) in [5.74, 6) is 0.848. The van der Waals surface area contributed by atoms with E-state index in [-0.39, 0.29) is 6.61 Å². The van der Waals surface area contributed by atoms with Crippen molar-refractivity contribution in [3.63, 3.8) is 0 Å². The summed E-state index contributed by atoms with van der Waals surface area (Å²) < 4.78 is 1.92. The molecule has 4 N–H and O–H groups in total. The van der Waals surface area contributed by atoms with Crippen LogP contribution in [-0.2, 0) is 13.0 Å². The average molecular weight is 235 g/mol. The van der Waals surface area contributed by atoms with Crippen LogP contribution in [0.3, 0.4) is 0 Å². The lowest BCUT2D eigenvalue weighted by atomic mass is 10.3. The van der Waals surface area contributed by atoms with Gasteiger partial charge in [0.2, 0.25) is 0 Å². The molecule has 0 radical (unpaired) electrons. The number of benzene rings is 1. The molecule has 1 heterocycles. The average Bonchev–Trinajstić information content (AvgIpc) is 2.68. The summed E-state index contributed by atoms with van der Waals surface area (Å²) in [4.78, 5) is 4.48. The summed E-state index contributed by atoms with van der Waals surface area (Å²) in [6.45, 7) is 0.597. The molecule has 5 heteroatoms. The van der Waals surface area contributed by atoms with Crippen molar-refractivity contribution in [2.24, 2.45) is 5.73 Å². The Morgan fingerprint density at radius 2 is 2.12 bits per heavy atom. The van der Waals surface area contributed by atoms with Gasteiger partial charge in [-0.2, -0.15) is 0 Å². The van der Waals surface area contributed by atoms with Gasteiger partial charge in [-0.25, -0.2) is 4.98 Å². The van der Waals surface area contributed by atoms with Crippen LogP contribution in [0, 0.1) is 0 Å². The number of aliphatic hydroxyl groups is 2. The molecule has 0 bridgehead atoms. The van der Waals surface area contributed by atoms with Crippen LogP contribution in [0.2, 0.25) is 0 Å². The van der Waals surface area contributed by atoms with E-state index in [9.17, 15) is 5.11 Å². The molecule has 0 aliphatic heterocycles. The Labute approximate surface area is 99.5 Å². The van der Waals surface area contributed by atoms with Crippen molar-refractivity contribution in [2.45, 2.75) is 19.1 Å². The fraction of sp³-hybridized carbons (Fsp3) is 0.417. The van der Waals surface area contributed by atoms with Crippen LogP contribution in [0.5, 0.6) is 0 Å². The van der Waals surface area contributed by atoms with E-state index >= 15 is 0 Å². The quantitative estimate of drug-likeness (QED) is 0.675. The first kappa shape index (κ1) is 12.0. The number of para-hydroxylation sites is 2. The number of aliphatic hydroxyl groups excluding tert-OH is 2. The van der Waals surface area contributed by atoms with Gasteiger partial charge in [0.1, 0.15) is 5.82 Å². The molecule has 1 aromatic heterocycles. The van der Waals surface area contributed by atoms with E-state index in [0.717, 1.165) is 16.9 Å². The van der Waals surface area contributed by atoms with Crippen molar-refractivity contribution >= 4 is 11.0 Å². The Morgan fingerprint density at radius 1 is 1.35 bits per heavy atom. The first-order valence-corrected chi connectivity index (χ1v) is 5.69. The minimum absolute atomic E-state index is 0.255. The van der Waals surface area contributed by atoms with Gasteiger partial charge >= 0.3 is 0 Å². The number of nitrogens with two attached hydrogens (primary N) is 1. The van der Waals surface area contributed by atoms with Gasteiger partial charge in [0, 0.05) is 6.42 Å². The Bertz CT molecular complexity index is 495. The smallest absolute Gasteiger partial charge is 0.111 e. The van der Waals surface area contributed by atoms with Crippen molar-refractivity contribution in [3.8, 4) is 0 Å². The van der Waals surface area contributed by atoms with Crippen LogP contribution in [-0.4, -0.2) is 39.0 Å². The summed E-state index contributed by atoms with van der Waals surface area (Å²) >= 11 is 0. The molecule has 1 unspecified atom stereocenters. The van der Waals surface area contributed by atoms with E-state index in [2.05, 4.69) is 4.98 Å². The van der Waals surface area contributed by atoms with Crippen LogP contribution in [0.1, 0.15) is 5.82 Å². The highest BCUT2D eigenvalue weighted by Crippen LogP contribution is 2.16. The molecule has 0 saturated carbocycles. The van der Waals surface area contributed by atoms with Crippen molar-refractivity contribution in [3.05, 3.63) is 30.1 Å². The third-order valence-corrected chi connectivity index (χ3v) is 2.71. The normalized spacial score (nSPS) is 13.1. The lowest BCUT2D eigenvalue weighted by Gasteiger charge is -2.12. The van der Waals surface area contributed by atoms with Gasteiger partial charge in [-0.1, -0.05) is 12.1 Å². The minimum atomic E-state index is -0.774. The molecule has 2 rings (SSSR count). The number of hydrogen-bond acceptors (Lipinski definition) is 4. The summed E-state index contributed by atoms with van der Waals surface area (Å²) in [5.41, 5.74) is 7.40. The number of aromatic nitrogens is 2. The summed E-state index contributed by atoms with van der Waals surface area (Å²) in [5, 5.41) is 18.5. The van der Waals surface area contributed by atoms with E-state index in [0.29, 0.717) is 19.5 Å². The monoisotopic (exact) mass is 235 g/mol. The molecule has 0 fully saturated rings. The summed E-state index contributed by atoms with van der Waals surface area (Å²) in [6, 6.07) is 7.73. The van der Waals surface area contributed by atoms with E-state index in [1.54, 1.807) is 0 Å². The maximum absolute atomic E-state index is 9.55. The molecule has 92 valence electrons. The van der Waals surface area contributed by atoms with Gasteiger partial charge in [0.05, 0.1) is 30.3 Å². The lowest BCUT2D eigenvalue weighted by molar-refractivity contribution is 0.0814. The van der Waals surface area contributed by atoms with E-state index in [1.807, 2.05) is 28.8 Å². The Balaban J connectivity index is 2.44. The van der Waals surface area contributed by atoms with E-state index < -0.39 is 6.10 Å². The molecular weight excluding hydrogens is 218 g/mol. The molecule has 1 atom stereocenters. The Morgan fingerprint density at radius 3 is 2.82 bits per heavy atom. The zero-order chi connectivity index (χ0) is 12.3. The number of rotatable bonds is 5. The van der Waals surface area contributed by atoms with E-state index in [1.165, 1.54) is 0 Å². The highest BCUT2D eigenvalue weighted by molar-refractivity contribution is 5.75. The highest BCUT2D eigenvalue weighted by atomic mass is 16.3. The Kier molecular flexibility index (Phi) is 3.73. The maximum Gasteiger partial charge on any atom is 0.111 e. The summed E-state index contributed by atoms with van der Waals surface area (Å²) in [6.07, 6.45) is -0.114. The van der Waals surface area contributed by atoms with Crippen molar-refractivity contribution < 1.29 is 10.2 Å². The first-order chi connectivity index (χ1) is 8.26. The van der Waals surface area contributed by atoms with Gasteiger partial charge in [-0.15, -0.1) is 0 Å². The van der Waals surface area contributed by atoms with Gasteiger partial charge in [0.15, 0.2) is 0 Å². The van der Waals surface area contributed by atoms with Gasteiger partial charge < -0.3 is 20.5 Å². The van der Waals surface area contributed by atoms with Gasteiger partial charge in [0.25, 0.3) is 0 Å². The minimum Gasteiger partial charge on any atom is -0.394 e. The molecule has 17 heavy (non-hydrogen) atoms. The number of imidazole rings is 1. The lowest BCUT2D eigenvalue weighted by Crippen LogP contribution is -2.22. The molecule has 2 aromatic rings. The molecule has 0 amide bonds. The van der Waals surface area contributed by atoms with Crippen molar-refractivity contribution in [2.75, 3.05) is 13.2 Å². The van der Waals surface area contributed by atoms with Crippen LogP contribution in [0.15, 0.2) is 24.3 Å². The molecular formula is C12H17N3O2. The fourth-order valence-corrected chi connectivity index (χ4v) is 1.92. The maximum atomic E-state index is 9.55. The standard InChI is InChI=1S/C12H17N3O2/c13-6-5-12-14-10-3-1-2-4-11(10)15(12)7-9(17)8-16/h1-4,9,16-17H,5-8,13H2. The van der Waals surface area contributed by atoms with Crippen molar-refractivity contribution in [1.29, 1.82) is 0 Å². The van der Waals surface area contributed by atoms with Gasteiger partial charge in [-0.3, -0.25) is 0 Å². The number of hydrogen-bond donors (Lipinski definition) is 3. The highest BCUT2D eigenvalue weighted by Gasteiger charge is 2.12. The molecule has 0 spiro atoms. The van der Waals surface area contributed by atoms with Crippen LogP contribution < -0.4 is 5.73 Å². The molecule has 0 aliphatic carbocycles.